The molecule has 0 aromatic heterocycles. The summed E-state index contributed by atoms with van der Waals surface area (Å²) in [5.74, 6) is -0.318. The van der Waals surface area contributed by atoms with Crippen LogP contribution in [-0.2, 0) is 16.4 Å². The van der Waals surface area contributed by atoms with Crippen LogP contribution in [0.4, 0.5) is 5.69 Å². The third-order valence-corrected chi connectivity index (χ3v) is 7.16. The first-order chi connectivity index (χ1) is 14.8. The number of nitrogens with one attached hydrogen (secondary N) is 3. The molecule has 31 heavy (non-hydrogen) atoms. The molecule has 1 fully saturated rings. The summed E-state index contributed by atoms with van der Waals surface area (Å²) in [4.78, 5) is 14.6. The normalized spacial score (nSPS) is 14.9. The third kappa shape index (κ3) is 7.36. The summed E-state index contributed by atoms with van der Waals surface area (Å²) in [6, 6.07) is 11.5. The van der Waals surface area contributed by atoms with Crippen molar-refractivity contribution in [1.29, 1.82) is 0 Å². The minimum atomic E-state index is -3.59. The van der Waals surface area contributed by atoms with Gasteiger partial charge >= 0.3 is 0 Å². The molecule has 1 aliphatic heterocycles. The number of benzene rings is 2. The van der Waals surface area contributed by atoms with Crippen molar-refractivity contribution < 1.29 is 13.2 Å². The highest BCUT2D eigenvalue weighted by Gasteiger charge is 2.14. The van der Waals surface area contributed by atoms with E-state index in [2.05, 4.69) is 20.3 Å². The Labute approximate surface area is 193 Å². The van der Waals surface area contributed by atoms with Gasteiger partial charge in [0.1, 0.15) is 0 Å². The highest BCUT2D eigenvalue weighted by Crippen LogP contribution is 2.26. The van der Waals surface area contributed by atoms with Gasteiger partial charge in [0, 0.05) is 50.5 Å². The van der Waals surface area contributed by atoms with Gasteiger partial charge < -0.3 is 10.6 Å². The molecule has 3 N–H and O–H groups in total. The minimum absolute atomic E-state index is 0.138. The predicted molar refractivity (Wildman–Crippen MR) is 126 cm³/mol. The Balaban J connectivity index is 1.48. The van der Waals surface area contributed by atoms with Crippen LogP contribution in [0.2, 0.25) is 10.0 Å². The number of hydrogen-bond acceptors (Lipinski definition) is 5. The first kappa shape index (κ1) is 23.8. The molecule has 2 aromatic carbocycles. The Hall–Kier alpha value is -1.84. The van der Waals surface area contributed by atoms with Crippen LogP contribution in [0.1, 0.15) is 15.9 Å². The lowest BCUT2D eigenvalue weighted by atomic mass is 10.2. The quantitative estimate of drug-likeness (QED) is 0.508. The van der Waals surface area contributed by atoms with E-state index in [1.54, 1.807) is 42.5 Å². The molecule has 0 spiro atoms. The highest BCUT2D eigenvalue weighted by atomic mass is 35.5. The molecule has 0 atom stereocenters. The van der Waals surface area contributed by atoms with Crippen molar-refractivity contribution in [2.45, 2.75) is 6.42 Å². The Morgan fingerprint density at radius 1 is 1.06 bits per heavy atom. The van der Waals surface area contributed by atoms with Crippen LogP contribution in [0.25, 0.3) is 0 Å². The second-order valence-electron chi connectivity index (χ2n) is 7.31. The Morgan fingerprint density at radius 3 is 2.48 bits per heavy atom. The summed E-state index contributed by atoms with van der Waals surface area (Å²) >= 11 is 12.1. The van der Waals surface area contributed by atoms with Gasteiger partial charge in [0.25, 0.3) is 5.91 Å². The van der Waals surface area contributed by atoms with E-state index in [0.29, 0.717) is 33.4 Å². The van der Waals surface area contributed by atoms with E-state index in [1.807, 2.05) is 0 Å². The molecule has 3 rings (SSSR count). The van der Waals surface area contributed by atoms with Gasteiger partial charge in [-0.25, -0.2) is 8.42 Å². The molecule has 2 aromatic rings. The number of piperazine rings is 1. The number of sulfonamides is 1. The molecule has 0 saturated carbocycles. The summed E-state index contributed by atoms with van der Waals surface area (Å²) < 4.78 is 27.3. The molecule has 7 nitrogen and oxygen atoms in total. The molecule has 1 heterocycles. The molecule has 10 heteroatoms. The Morgan fingerprint density at radius 2 is 1.77 bits per heavy atom. The first-order valence-corrected chi connectivity index (χ1v) is 12.5. The van der Waals surface area contributed by atoms with Crippen LogP contribution in [0.5, 0.6) is 0 Å². The summed E-state index contributed by atoms with van der Waals surface area (Å²) in [6.07, 6.45) is 0.238. The number of halogens is 2. The van der Waals surface area contributed by atoms with Crippen molar-refractivity contribution in [2.24, 2.45) is 0 Å². The van der Waals surface area contributed by atoms with Gasteiger partial charge in [0.2, 0.25) is 10.0 Å². The van der Waals surface area contributed by atoms with Gasteiger partial charge in [-0.1, -0.05) is 35.3 Å². The van der Waals surface area contributed by atoms with Crippen molar-refractivity contribution >= 4 is 44.8 Å². The van der Waals surface area contributed by atoms with Gasteiger partial charge in [-0.15, -0.1) is 0 Å². The minimum Gasteiger partial charge on any atom is -0.351 e. The van der Waals surface area contributed by atoms with Crippen LogP contribution >= 0.6 is 23.2 Å². The monoisotopic (exact) mass is 484 g/mol. The largest absolute Gasteiger partial charge is 0.351 e. The van der Waals surface area contributed by atoms with E-state index in [1.165, 1.54) is 0 Å². The maximum absolute atomic E-state index is 12.4. The molecular formula is C21H26Cl2N4O3S. The van der Waals surface area contributed by atoms with E-state index >= 15 is 0 Å². The maximum atomic E-state index is 12.4. The molecule has 0 radical (unpaired) electrons. The van der Waals surface area contributed by atoms with E-state index < -0.39 is 10.0 Å². The van der Waals surface area contributed by atoms with E-state index in [0.717, 1.165) is 32.7 Å². The number of rotatable bonds is 9. The standard InChI is InChI=1S/C21H26Cl2N4O3S/c22-19-3-1-2-16(20(19)23)8-15-31(29,30)26-18-6-4-17(5-7-18)21(28)25-11-14-27-12-9-24-10-13-27/h1-7,24,26H,8-15H2,(H,25,28). The number of anilines is 1. The lowest BCUT2D eigenvalue weighted by Gasteiger charge is -2.27. The topological polar surface area (TPSA) is 90.5 Å². The molecule has 1 aliphatic rings. The third-order valence-electron chi connectivity index (χ3n) is 5.02. The van der Waals surface area contributed by atoms with Gasteiger partial charge in [0.15, 0.2) is 0 Å². The SMILES string of the molecule is O=C(NCCN1CCNCC1)c1ccc(NS(=O)(=O)CCc2cccc(Cl)c2Cl)cc1. The van der Waals surface area contributed by atoms with Gasteiger partial charge in [0.05, 0.1) is 15.8 Å². The van der Waals surface area contributed by atoms with Gasteiger partial charge in [-0.3, -0.25) is 14.4 Å². The smallest absolute Gasteiger partial charge is 0.251 e. The number of nitrogens with zero attached hydrogens (tertiary/aromatic N) is 1. The zero-order chi connectivity index (χ0) is 22.3. The number of carbonyl (C=O) groups excluding carboxylic acids is 1. The van der Waals surface area contributed by atoms with Crippen LogP contribution in [0, 0.1) is 0 Å². The second kappa shape index (κ2) is 11.2. The average molecular weight is 485 g/mol. The molecule has 0 bridgehead atoms. The fourth-order valence-electron chi connectivity index (χ4n) is 3.27. The van der Waals surface area contributed by atoms with Crippen molar-refractivity contribution in [3.05, 3.63) is 63.6 Å². The summed E-state index contributed by atoms with van der Waals surface area (Å²) in [5.41, 5.74) is 1.55. The second-order valence-corrected chi connectivity index (χ2v) is 9.94. The fourth-order valence-corrected chi connectivity index (χ4v) is 4.77. The number of amides is 1. The lowest BCUT2D eigenvalue weighted by molar-refractivity contribution is 0.0947. The summed E-state index contributed by atoms with van der Waals surface area (Å²) in [5, 5.41) is 6.95. The van der Waals surface area contributed by atoms with Crippen molar-refractivity contribution in [2.75, 3.05) is 49.7 Å². The van der Waals surface area contributed by atoms with Crippen LogP contribution in [0.3, 0.4) is 0 Å². The first-order valence-electron chi connectivity index (χ1n) is 10.1. The number of carbonyl (C=O) groups is 1. The van der Waals surface area contributed by atoms with Crippen LogP contribution < -0.4 is 15.4 Å². The summed E-state index contributed by atoms with van der Waals surface area (Å²) in [6.45, 7) is 5.28. The lowest BCUT2D eigenvalue weighted by Crippen LogP contribution is -2.46. The Kier molecular flexibility index (Phi) is 8.57. The molecule has 0 aliphatic carbocycles. The molecule has 0 unspecified atom stereocenters. The van der Waals surface area contributed by atoms with Crippen LogP contribution in [0.15, 0.2) is 42.5 Å². The van der Waals surface area contributed by atoms with Gasteiger partial charge in [-0.2, -0.15) is 0 Å². The van der Waals surface area contributed by atoms with Crippen LogP contribution in [-0.4, -0.2) is 64.2 Å². The zero-order valence-electron chi connectivity index (χ0n) is 17.0. The predicted octanol–water partition coefficient (Wildman–Crippen LogP) is 2.61. The maximum Gasteiger partial charge on any atom is 0.251 e. The molecule has 168 valence electrons. The van der Waals surface area contributed by atoms with E-state index in [9.17, 15) is 13.2 Å². The van der Waals surface area contributed by atoms with Crippen molar-refractivity contribution in [1.82, 2.24) is 15.5 Å². The summed E-state index contributed by atoms with van der Waals surface area (Å²) in [7, 11) is -3.59. The van der Waals surface area contributed by atoms with E-state index in [4.69, 9.17) is 23.2 Å². The average Bonchev–Trinajstić information content (AvgIpc) is 2.76. The van der Waals surface area contributed by atoms with Crippen molar-refractivity contribution in [3.8, 4) is 0 Å². The molecular weight excluding hydrogens is 459 g/mol. The molecule has 1 amide bonds. The Bertz CT molecular complexity index is 994. The van der Waals surface area contributed by atoms with E-state index in [-0.39, 0.29) is 18.1 Å². The highest BCUT2D eigenvalue weighted by molar-refractivity contribution is 7.92. The van der Waals surface area contributed by atoms with Gasteiger partial charge in [-0.05, 0) is 42.3 Å². The molecule has 1 saturated heterocycles. The number of aryl methyl sites for hydroxylation is 1. The van der Waals surface area contributed by atoms with Crippen molar-refractivity contribution in [3.63, 3.8) is 0 Å². The number of hydrogen-bond donors (Lipinski definition) is 3. The fraction of sp³-hybridized carbons (Fsp3) is 0.381. The zero-order valence-corrected chi connectivity index (χ0v) is 19.4.